The Kier molecular flexibility index (Phi) is 4.87. The van der Waals surface area contributed by atoms with Crippen molar-refractivity contribution in [2.24, 2.45) is 0 Å². The molecule has 3 aromatic carbocycles. The van der Waals surface area contributed by atoms with Crippen LogP contribution in [0.1, 0.15) is 11.1 Å². The smallest absolute Gasteiger partial charge is 0.235 e. The average molecular weight is 467 g/mol. The zero-order chi connectivity index (χ0) is 22.7. The molecule has 2 heterocycles. The van der Waals surface area contributed by atoms with Gasteiger partial charge in [0.1, 0.15) is 6.33 Å². The number of aromatic nitrogens is 2. The van der Waals surface area contributed by atoms with E-state index in [-0.39, 0.29) is 5.39 Å². The molecule has 0 fully saturated rings. The first-order valence-corrected chi connectivity index (χ1v) is 14.9. The Labute approximate surface area is 188 Å². The van der Waals surface area contributed by atoms with Gasteiger partial charge in [-0.3, -0.25) is 0 Å². The fourth-order valence-corrected chi connectivity index (χ4v) is 6.90. The van der Waals surface area contributed by atoms with Crippen molar-refractivity contribution in [2.75, 3.05) is 0 Å². The second-order valence-electron chi connectivity index (χ2n) is 9.31. The lowest BCUT2D eigenvalue weighted by molar-refractivity contribution is -0.136. The first kappa shape index (κ1) is 21.1. The van der Waals surface area contributed by atoms with Crippen LogP contribution in [-0.2, 0) is 12.2 Å². The molecule has 0 aliphatic carbocycles. The van der Waals surface area contributed by atoms with Crippen molar-refractivity contribution in [3.05, 3.63) is 72.1 Å². The molecule has 0 unspecified atom stereocenters. The van der Waals surface area contributed by atoms with Crippen LogP contribution in [0.4, 0.5) is 13.2 Å². The van der Waals surface area contributed by atoms with E-state index in [2.05, 4.69) is 47.8 Å². The molecule has 0 saturated carbocycles. The van der Waals surface area contributed by atoms with Gasteiger partial charge in [-0.15, -0.1) is 11.3 Å². The van der Waals surface area contributed by atoms with Crippen molar-refractivity contribution in [2.45, 2.75) is 31.9 Å². The maximum absolute atomic E-state index is 13.8. The summed E-state index contributed by atoms with van der Waals surface area (Å²) in [6.45, 7) is 7.01. The summed E-state index contributed by atoms with van der Waals surface area (Å²) in [7, 11) is -1.27. The van der Waals surface area contributed by atoms with Crippen LogP contribution in [0.5, 0.6) is 0 Å². The summed E-state index contributed by atoms with van der Waals surface area (Å²) >= 11 is 1.55. The van der Waals surface area contributed by atoms with E-state index in [1.165, 1.54) is 24.0 Å². The summed E-state index contributed by atoms with van der Waals surface area (Å²) in [4.78, 5) is 8.90. The standard InChI is InChI=1S/C25H21F3N2SSi/c1-32(2,3)13-15-8-9-19-21(10-15)31-24-22(29-14-30-23(19)24)17-11-16-6-4-5-7-18(16)20(12-17)25(26,27)28/h4-12,14H,13H2,1-3H3. The largest absolute Gasteiger partial charge is 0.417 e. The normalized spacial score (nSPS) is 12.8. The zero-order valence-electron chi connectivity index (χ0n) is 17.9. The second kappa shape index (κ2) is 7.39. The third-order valence-corrected chi connectivity index (χ3v) is 8.11. The van der Waals surface area contributed by atoms with Gasteiger partial charge in [0, 0.05) is 23.7 Å². The Bertz CT molecular complexity index is 1480. The van der Waals surface area contributed by atoms with E-state index in [1.54, 1.807) is 35.6 Å². The molecule has 0 aliphatic heterocycles. The monoisotopic (exact) mass is 466 g/mol. The Morgan fingerprint density at radius 2 is 1.69 bits per heavy atom. The van der Waals surface area contributed by atoms with Crippen LogP contribution in [0.3, 0.4) is 0 Å². The Morgan fingerprint density at radius 3 is 2.44 bits per heavy atom. The van der Waals surface area contributed by atoms with Crippen molar-refractivity contribution in [1.29, 1.82) is 0 Å². The number of fused-ring (bicyclic) bond motifs is 4. The van der Waals surface area contributed by atoms with Crippen LogP contribution in [0.25, 0.3) is 42.3 Å². The van der Waals surface area contributed by atoms with E-state index in [0.717, 1.165) is 26.3 Å². The van der Waals surface area contributed by atoms with E-state index in [9.17, 15) is 13.2 Å². The second-order valence-corrected chi connectivity index (χ2v) is 15.8. The first-order valence-electron chi connectivity index (χ1n) is 10.4. The predicted octanol–water partition coefficient (Wildman–Crippen LogP) is 8.10. The minimum atomic E-state index is -4.45. The van der Waals surface area contributed by atoms with Crippen molar-refractivity contribution in [3.63, 3.8) is 0 Å². The fourth-order valence-electron chi connectivity index (χ4n) is 4.23. The minimum Gasteiger partial charge on any atom is -0.235 e. The van der Waals surface area contributed by atoms with Crippen LogP contribution < -0.4 is 0 Å². The summed E-state index contributed by atoms with van der Waals surface area (Å²) in [6.07, 6.45) is -3.00. The van der Waals surface area contributed by atoms with Gasteiger partial charge in [0.15, 0.2) is 0 Å². The molecular weight excluding hydrogens is 445 g/mol. The van der Waals surface area contributed by atoms with Crippen molar-refractivity contribution >= 4 is 50.5 Å². The highest BCUT2D eigenvalue weighted by Gasteiger charge is 2.33. The lowest BCUT2D eigenvalue weighted by atomic mass is 9.98. The first-order chi connectivity index (χ1) is 15.1. The lowest BCUT2D eigenvalue weighted by Gasteiger charge is -2.15. The van der Waals surface area contributed by atoms with Crippen molar-refractivity contribution in [1.82, 2.24) is 9.97 Å². The molecule has 0 saturated heterocycles. The molecule has 0 radical (unpaired) electrons. The minimum absolute atomic E-state index is 0.196. The van der Waals surface area contributed by atoms with Crippen LogP contribution in [-0.4, -0.2) is 18.0 Å². The van der Waals surface area contributed by atoms with Crippen molar-refractivity contribution in [3.8, 4) is 11.3 Å². The number of hydrogen-bond donors (Lipinski definition) is 0. The molecule has 5 aromatic rings. The van der Waals surface area contributed by atoms with Gasteiger partial charge in [0.25, 0.3) is 0 Å². The Morgan fingerprint density at radius 1 is 0.906 bits per heavy atom. The van der Waals surface area contributed by atoms with E-state index < -0.39 is 19.8 Å². The fraction of sp³-hybridized carbons (Fsp3) is 0.200. The van der Waals surface area contributed by atoms with Crippen LogP contribution in [0.2, 0.25) is 19.6 Å². The van der Waals surface area contributed by atoms with Crippen LogP contribution in [0.15, 0.2) is 60.9 Å². The molecule has 2 nitrogen and oxygen atoms in total. The molecule has 32 heavy (non-hydrogen) atoms. The summed E-state index contributed by atoms with van der Waals surface area (Å²) in [5, 5.41) is 1.76. The van der Waals surface area contributed by atoms with Crippen molar-refractivity contribution < 1.29 is 13.2 Å². The molecule has 0 amide bonds. The van der Waals surface area contributed by atoms with Gasteiger partial charge in [-0.25, -0.2) is 9.97 Å². The van der Waals surface area contributed by atoms with Gasteiger partial charge in [-0.1, -0.05) is 56.0 Å². The number of nitrogens with zero attached hydrogens (tertiary/aromatic N) is 2. The molecular formula is C25H21F3N2SSi. The maximum Gasteiger partial charge on any atom is 0.417 e. The number of alkyl halides is 3. The van der Waals surface area contributed by atoms with Crippen LogP contribution >= 0.6 is 11.3 Å². The molecule has 2 aromatic heterocycles. The lowest BCUT2D eigenvalue weighted by Crippen LogP contribution is -2.23. The highest BCUT2D eigenvalue weighted by molar-refractivity contribution is 7.26. The predicted molar refractivity (Wildman–Crippen MR) is 130 cm³/mol. The molecule has 0 aliphatic rings. The molecule has 0 spiro atoms. The zero-order valence-corrected chi connectivity index (χ0v) is 19.7. The SMILES string of the molecule is C[Si](C)(C)Cc1ccc2c(c1)sc1c(-c3cc(C(F)(F)F)c4ccccc4c3)ncnc12. The third-order valence-electron chi connectivity index (χ3n) is 5.49. The highest BCUT2D eigenvalue weighted by Crippen LogP contribution is 2.42. The van der Waals surface area contributed by atoms with Gasteiger partial charge < -0.3 is 0 Å². The van der Waals surface area contributed by atoms with Gasteiger partial charge in [-0.05, 0) is 40.6 Å². The number of hydrogen-bond acceptors (Lipinski definition) is 3. The van der Waals surface area contributed by atoms with E-state index in [0.29, 0.717) is 16.6 Å². The molecule has 162 valence electrons. The van der Waals surface area contributed by atoms with Gasteiger partial charge in [0.2, 0.25) is 0 Å². The van der Waals surface area contributed by atoms with Gasteiger partial charge in [-0.2, -0.15) is 13.2 Å². The molecule has 7 heteroatoms. The van der Waals surface area contributed by atoms with Gasteiger partial charge >= 0.3 is 6.18 Å². The molecule has 0 atom stereocenters. The van der Waals surface area contributed by atoms with E-state index in [1.807, 2.05) is 0 Å². The summed E-state index contributed by atoms with van der Waals surface area (Å²) in [5.41, 5.74) is 2.44. The molecule has 0 N–H and O–H groups in total. The topological polar surface area (TPSA) is 25.8 Å². The van der Waals surface area contributed by atoms with E-state index in [4.69, 9.17) is 0 Å². The van der Waals surface area contributed by atoms with E-state index >= 15 is 0 Å². The third kappa shape index (κ3) is 3.80. The summed E-state index contributed by atoms with van der Waals surface area (Å²) < 4.78 is 43.5. The molecule has 5 rings (SSSR count). The summed E-state index contributed by atoms with van der Waals surface area (Å²) in [6, 6.07) is 17.1. The number of rotatable bonds is 3. The average Bonchev–Trinajstić information content (AvgIpc) is 3.08. The Hall–Kier alpha value is -2.77. The van der Waals surface area contributed by atoms with Gasteiger partial charge in [0.05, 0.1) is 21.5 Å². The van der Waals surface area contributed by atoms with Crippen LogP contribution in [0, 0.1) is 0 Å². The number of halogens is 3. The molecule has 0 bridgehead atoms. The quantitative estimate of drug-likeness (QED) is 0.251. The number of benzene rings is 3. The number of thiophene rings is 1. The summed E-state index contributed by atoms with van der Waals surface area (Å²) in [5.74, 6) is 0. The highest BCUT2D eigenvalue weighted by atomic mass is 32.1. The Balaban J connectivity index is 1.74. The maximum atomic E-state index is 13.8.